The number of hydrogen-bond acceptors (Lipinski definition) is 0. The van der Waals surface area contributed by atoms with Gasteiger partial charge in [0.2, 0.25) is 0 Å². The third kappa shape index (κ3) is 2.56. The summed E-state index contributed by atoms with van der Waals surface area (Å²) in [6.07, 6.45) is 3.44. The lowest BCUT2D eigenvalue weighted by atomic mass is 9.88. The Hall–Kier alpha value is -2.69. The maximum Gasteiger partial charge on any atom is -0.00257 e. The topological polar surface area (TPSA) is 0 Å². The molecule has 0 aromatic heterocycles. The molecule has 0 radical (unpaired) electrons. The van der Waals surface area contributed by atoms with Crippen molar-refractivity contribution in [2.75, 3.05) is 0 Å². The predicted octanol–water partition coefficient (Wildman–Crippen LogP) is 8.00. The summed E-state index contributed by atoms with van der Waals surface area (Å²) >= 11 is 0. The number of hydrogen-bond donors (Lipinski definition) is 0. The summed E-state index contributed by atoms with van der Waals surface area (Å²) in [6.45, 7) is 4.15. The summed E-state index contributed by atoms with van der Waals surface area (Å²) in [7, 11) is -0.209. The van der Waals surface area contributed by atoms with E-state index in [1.165, 1.54) is 54.9 Å². The lowest BCUT2D eigenvalue weighted by molar-refractivity contribution is 1.40. The van der Waals surface area contributed by atoms with Crippen molar-refractivity contribution in [3.63, 3.8) is 0 Å². The van der Waals surface area contributed by atoms with Crippen molar-refractivity contribution in [2.45, 2.75) is 18.7 Å². The fraction of sp³-hybridized carbons (Fsp3) is 0.111. The van der Waals surface area contributed by atoms with Gasteiger partial charge in [0.15, 0.2) is 0 Å². The van der Waals surface area contributed by atoms with Crippen LogP contribution >= 0.6 is 7.92 Å². The van der Waals surface area contributed by atoms with Crippen LogP contribution in [0, 0.1) is 0 Å². The average molecular weight is 376 g/mol. The highest BCUT2D eigenvalue weighted by Gasteiger charge is 2.26. The number of benzene rings is 4. The van der Waals surface area contributed by atoms with Crippen molar-refractivity contribution in [1.29, 1.82) is 0 Å². The average Bonchev–Trinajstić information content (AvgIpc) is 3.45. The van der Waals surface area contributed by atoms with E-state index in [1.807, 2.05) is 0 Å². The van der Waals surface area contributed by atoms with Crippen LogP contribution in [0.15, 0.2) is 96.3 Å². The van der Waals surface area contributed by atoms with Crippen molar-refractivity contribution in [3.05, 3.63) is 107 Å². The Labute approximate surface area is 167 Å². The number of rotatable bonds is 1. The van der Waals surface area contributed by atoms with E-state index in [4.69, 9.17) is 0 Å². The van der Waals surface area contributed by atoms with E-state index < -0.39 is 0 Å². The van der Waals surface area contributed by atoms with Crippen molar-refractivity contribution < 1.29 is 0 Å². The Morgan fingerprint density at radius 1 is 0.679 bits per heavy atom. The van der Waals surface area contributed by atoms with Gasteiger partial charge >= 0.3 is 0 Å². The molecule has 134 valence electrons. The van der Waals surface area contributed by atoms with E-state index in [0.717, 1.165) is 18.7 Å². The van der Waals surface area contributed by atoms with E-state index >= 15 is 0 Å². The van der Waals surface area contributed by atoms with Crippen LogP contribution in [0.2, 0.25) is 0 Å². The monoisotopic (exact) mass is 376 g/mol. The van der Waals surface area contributed by atoms with Crippen molar-refractivity contribution in [3.8, 4) is 11.1 Å². The molecule has 1 heteroatoms. The third-order valence-electron chi connectivity index (χ3n) is 6.10. The highest BCUT2D eigenvalue weighted by Crippen LogP contribution is 2.56. The minimum absolute atomic E-state index is 0.209. The highest BCUT2D eigenvalue weighted by atomic mass is 31.1. The van der Waals surface area contributed by atoms with Gasteiger partial charge in [0, 0.05) is 0 Å². The summed E-state index contributed by atoms with van der Waals surface area (Å²) in [5.74, 6) is 2.56. The van der Waals surface area contributed by atoms with Crippen LogP contribution in [0.25, 0.3) is 32.7 Å². The summed E-state index contributed by atoms with van der Waals surface area (Å²) in [5.41, 5.74) is 8.76. The Morgan fingerprint density at radius 2 is 1.18 bits per heavy atom. The van der Waals surface area contributed by atoms with Gasteiger partial charge < -0.3 is 0 Å². The third-order valence-corrected chi connectivity index (χ3v) is 8.27. The molecule has 0 saturated heterocycles. The van der Waals surface area contributed by atoms with Crippen molar-refractivity contribution in [2.24, 2.45) is 0 Å². The van der Waals surface area contributed by atoms with Gasteiger partial charge in [0.05, 0.1) is 0 Å². The maximum absolute atomic E-state index is 4.15. The van der Waals surface area contributed by atoms with Gasteiger partial charge in [0.1, 0.15) is 0 Å². The first-order valence-corrected chi connectivity index (χ1v) is 11.7. The SMILES string of the molecule is C=C1C/C1=C\P1Cc2ccc3ccccc3c2-c2c(ccc3ccccc23)C1. The van der Waals surface area contributed by atoms with Crippen LogP contribution in [0.5, 0.6) is 0 Å². The van der Waals surface area contributed by atoms with Crippen molar-refractivity contribution >= 4 is 29.5 Å². The molecule has 0 unspecified atom stereocenters. The lowest BCUT2D eigenvalue weighted by Crippen LogP contribution is -1.92. The Balaban J connectivity index is 1.70. The first-order chi connectivity index (χ1) is 13.8. The summed E-state index contributed by atoms with van der Waals surface area (Å²) in [5, 5.41) is 5.44. The normalized spacial score (nSPS) is 17.6. The molecule has 0 spiro atoms. The molecular formula is C27H21P. The largest absolute Gasteiger partial charge is 0.0952 e. The molecule has 0 atom stereocenters. The quantitative estimate of drug-likeness (QED) is 0.295. The number of fused-ring (bicyclic) bond motifs is 7. The summed E-state index contributed by atoms with van der Waals surface area (Å²) in [4.78, 5) is 0. The first-order valence-electron chi connectivity index (χ1n) is 9.92. The van der Waals surface area contributed by atoms with Crippen molar-refractivity contribution in [1.82, 2.24) is 0 Å². The van der Waals surface area contributed by atoms with Gasteiger partial charge in [0.25, 0.3) is 0 Å². The molecule has 1 fully saturated rings. The second-order valence-electron chi connectivity index (χ2n) is 7.98. The van der Waals surface area contributed by atoms with Gasteiger partial charge in [-0.2, -0.15) is 0 Å². The zero-order chi connectivity index (χ0) is 18.7. The van der Waals surface area contributed by atoms with Gasteiger partial charge in [-0.25, -0.2) is 0 Å². The molecule has 0 bridgehead atoms. The number of allylic oxidation sites excluding steroid dienone is 2. The Morgan fingerprint density at radius 3 is 1.68 bits per heavy atom. The first kappa shape index (κ1) is 16.3. The molecule has 2 aliphatic rings. The molecule has 1 saturated carbocycles. The second kappa shape index (κ2) is 6.16. The van der Waals surface area contributed by atoms with Crippen LogP contribution in [-0.2, 0) is 12.3 Å². The van der Waals surface area contributed by atoms with Gasteiger partial charge in [-0.1, -0.05) is 93.1 Å². The predicted molar refractivity (Wildman–Crippen MR) is 123 cm³/mol. The molecule has 1 aliphatic carbocycles. The highest BCUT2D eigenvalue weighted by molar-refractivity contribution is 7.59. The summed E-state index contributed by atoms with van der Waals surface area (Å²) < 4.78 is 0. The molecule has 4 aromatic carbocycles. The van der Waals surface area contributed by atoms with E-state index in [9.17, 15) is 0 Å². The van der Waals surface area contributed by atoms with Crippen LogP contribution < -0.4 is 0 Å². The molecular weight excluding hydrogens is 355 g/mol. The van der Waals surface area contributed by atoms with E-state index in [1.54, 1.807) is 0 Å². The second-order valence-corrected chi connectivity index (χ2v) is 10.0. The van der Waals surface area contributed by atoms with Gasteiger partial charge in [-0.15, -0.1) is 0 Å². The smallest absolute Gasteiger partial charge is 0.00257 e. The van der Waals surface area contributed by atoms with E-state index in [-0.39, 0.29) is 7.92 Å². The Kier molecular flexibility index (Phi) is 3.58. The van der Waals surface area contributed by atoms with E-state index in [0.29, 0.717) is 0 Å². The molecule has 1 aliphatic heterocycles. The van der Waals surface area contributed by atoms with E-state index in [2.05, 4.69) is 85.2 Å². The summed E-state index contributed by atoms with van der Waals surface area (Å²) in [6, 6.07) is 27.1. The molecule has 0 N–H and O–H groups in total. The molecule has 28 heavy (non-hydrogen) atoms. The van der Waals surface area contributed by atoms with Gasteiger partial charge in [-0.05, 0) is 73.7 Å². The van der Waals surface area contributed by atoms with Crippen LogP contribution in [0.1, 0.15) is 17.5 Å². The maximum atomic E-state index is 4.15. The molecule has 0 amide bonds. The fourth-order valence-electron chi connectivity index (χ4n) is 4.62. The lowest BCUT2D eigenvalue weighted by Gasteiger charge is -2.15. The van der Waals surface area contributed by atoms with Crippen LogP contribution in [0.4, 0.5) is 0 Å². The zero-order valence-electron chi connectivity index (χ0n) is 15.8. The van der Waals surface area contributed by atoms with Crippen LogP contribution in [0.3, 0.4) is 0 Å². The Bertz CT molecular complexity index is 1220. The molecule has 0 nitrogen and oxygen atoms in total. The molecule has 4 aromatic rings. The standard InChI is InChI=1S/C27H21P/c1-18-14-23(18)17-28-15-21-12-10-19-6-2-4-8-24(19)26(21)27-22(16-28)13-11-20-7-3-5-9-25(20)27/h2-13,17H,1,14-16H2/b23-17+. The minimum atomic E-state index is -0.209. The zero-order valence-corrected chi connectivity index (χ0v) is 16.7. The molecule has 1 heterocycles. The fourth-order valence-corrected chi connectivity index (χ4v) is 7.03. The minimum Gasteiger partial charge on any atom is -0.0952 e. The van der Waals surface area contributed by atoms with Crippen LogP contribution in [-0.4, -0.2) is 0 Å². The van der Waals surface area contributed by atoms with Gasteiger partial charge in [-0.3, -0.25) is 0 Å². The molecule has 6 rings (SSSR count).